The number of aromatic nitrogens is 5. The number of anilines is 2. The van der Waals surface area contributed by atoms with E-state index in [1.165, 1.54) is 23.2 Å². The quantitative estimate of drug-likeness (QED) is 0.345. The average molecular weight is 477 g/mol. The predicted molar refractivity (Wildman–Crippen MR) is 114 cm³/mol. The molecule has 9 nitrogen and oxygen atoms in total. The molecule has 4 rings (SSSR count). The van der Waals surface area contributed by atoms with E-state index < -0.39 is 24.1 Å². The second kappa shape index (κ2) is 8.74. The third-order valence-corrected chi connectivity index (χ3v) is 5.02. The van der Waals surface area contributed by atoms with E-state index in [1.54, 1.807) is 30.3 Å². The van der Waals surface area contributed by atoms with Crippen LogP contribution in [0, 0.1) is 5.82 Å². The maximum absolute atomic E-state index is 14.2. The smallest absolute Gasteiger partial charge is 0.394 e. The third-order valence-electron chi connectivity index (χ3n) is 5.02. The largest absolute Gasteiger partial charge is 0.418 e. The molecule has 4 aromatic rings. The minimum Gasteiger partial charge on any atom is -0.394 e. The Kier molecular flexibility index (Phi) is 5.96. The first kappa shape index (κ1) is 23.2. The number of aliphatic hydroxyl groups is 1. The molecule has 0 amide bonds. The van der Waals surface area contributed by atoms with Gasteiger partial charge in [-0.15, -0.1) is 0 Å². The van der Waals surface area contributed by atoms with Crippen molar-refractivity contribution in [1.82, 2.24) is 24.9 Å². The fourth-order valence-electron chi connectivity index (χ4n) is 3.00. The van der Waals surface area contributed by atoms with E-state index in [2.05, 4.69) is 25.5 Å². The molecule has 0 aliphatic rings. The van der Waals surface area contributed by atoms with E-state index in [4.69, 9.17) is 10.3 Å². The van der Waals surface area contributed by atoms with Crippen LogP contribution in [0.1, 0.15) is 12.5 Å². The summed E-state index contributed by atoms with van der Waals surface area (Å²) >= 11 is 0. The van der Waals surface area contributed by atoms with E-state index in [0.29, 0.717) is 23.9 Å². The van der Waals surface area contributed by atoms with E-state index in [0.717, 1.165) is 0 Å². The average Bonchev–Trinajstić information content (AvgIpc) is 3.44. The van der Waals surface area contributed by atoms with Gasteiger partial charge in [0.05, 0.1) is 30.7 Å². The Morgan fingerprint density at radius 2 is 1.94 bits per heavy atom. The fourth-order valence-corrected chi connectivity index (χ4v) is 3.00. The van der Waals surface area contributed by atoms with Gasteiger partial charge in [0, 0.05) is 11.6 Å². The number of benzene rings is 1. The van der Waals surface area contributed by atoms with Crippen molar-refractivity contribution in [2.75, 3.05) is 17.6 Å². The van der Waals surface area contributed by atoms with Crippen molar-refractivity contribution in [1.29, 1.82) is 0 Å². The van der Waals surface area contributed by atoms with Crippen molar-refractivity contribution < 1.29 is 27.2 Å². The fraction of sp³-hybridized carbons (Fsp3) is 0.238. The molecule has 1 aromatic carbocycles. The molecule has 0 aliphatic heterocycles. The molecule has 0 saturated heterocycles. The molecule has 0 saturated carbocycles. The predicted octanol–water partition coefficient (Wildman–Crippen LogP) is 3.49. The van der Waals surface area contributed by atoms with Gasteiger partial charge >= 0.3 is 6.18 Å². The van der Waals surface area contributed by atoms with Gasteiger partial charge < -0.3 is 20.7 Å². The van der Waals surface area contributed by atoms with Gasteiger partial charge in [0.25, 0.3) is 0 Å². The van der Waals surface area contributed by atoms with Crippen LogP contribution < -0.4 is 11.1 Å². The van der Waals surface area contributed by atoms with Gasteiger partial charge in [-0.3, -0.25) is 4.68 Å². The Balaban J connectivity index is 1.68. The highest BCUT2D eigenvalue weighted by atomic mass is 19.4. The number of halogens is 4. The van der Waals surface area contributed by atoms with Crippen LogP contribution in [0.15, 0.2) is 53.4 Å². The summed E-state index contributed by atoms with van der Waals surface area (Å²) in [5.74, 6) is -0.487. The van der Waals surface area contributed by atoms with E-state index >= 15 is 0 Å². The summed E-state index contributed by atoms with van der Waals surface area (Å²) in [7, 11) is 0. The first-order valence-electron chi connectivity index (χ1n) is 9.93. The molecular formula is C21H19F4N7O2. The second-order valence-electron chi connectivity index (χ2n) is 7.67. The Morgan fingerprint density at radius 3 is 2.62 bits per heavy atom. The molecule has 0 aliphatic carbocycles. The van der Waals surface area contributed by atoms with E-state index in [9.17, 15) is 22.7 Å². The minimum absolute atomic E-state index is 0.0239. The zero-order valence-corrected chi connectivity index (χ0v) is 17.7. The summed E-state index contributed by atoms with van der Waals surface area (Å²) in [6, 6.07) is 9.37. The van der Waals surface area contributed by atoms with Crippen LogP contribution in [-0.4, -0.2) is 48.3 Å². The molecule has 1 unspecified atom stereocenters. The summed E-state index contributed by atoms with van der Waals surface area (Å²) < 4.78 is 59.5. The SMILES string of the molecule is CC(O)(CNc1nc(-c2cc(-c3ccon3)n(Cc3ccccc3F)n2)ncc1N)C(F)(F)F. The number of nitrogens with two attached hydrogens (primary N) is 1. The monoisotopic (exact) mass is 477 g/mol. The van der Waals surface area contributed by atoms with Crippen LogP contribution >= 0.6 is 0 Å². The van der Waals surface area contributed by atoms with Gasteiger partial charge in [-0.1, -0.05) is 23.4 Å². The molecule has 0 radical (unpaired) electrons. The van der Waals surface area contributed by atoms with Crippen molar-refractivity contribution in [3.8, 4) is 22.9 Å². The Bertz CT molecular complexity index is 1290. The van der Waals surface area contributed by atoms with Crippen molar-refractivity contribution in [2.45, 2.75) is 25.2 Å². The highest BCUT2D eigenvalue weighted by Gasteiger charge is 2.49. The molecule has 0 bridgehead atoms. The van der Waals surface area contributed by atoms with Gasteiger partial charge in [0.15, 0.2) is 17.2 Å². The van der Waals surface area contributed by atoms with Crippen LogP contribution in [0.4, 0.5) is 29.1 Å². The lowest BCUT2D eigenvalue weighted by Gasteiger charge is -2.26. The van der Waals surface area contributed by atoms with Crippen LogP contribution in [0.25, 0.3) is 22.9 Å². The number of alkyl halides is 3. The number of hydrogen-bond acceptors (Lipinski definition) is 8. The molecule has 1 atom stereocenters. The topological polar surface area (TPSA) is 128 Å². The molecule has 34 heavy (non-hydrogen) atoms. The normalized spacial score (nSPS) is 13.6. The zero-order valence-electron chi connectivity index (χ0n) is 17.7. The molecule has 3 aromatic heterocycles. The first-order valence-corrected chi connectivity index (χ1v) is 9.93. The lowest BCUT2D eigenvalue weighted by molar-refractivity contribution is -0.246. The number of nitrogens with zero attached hydrogens (tertiary/aromatic N) is 5. The second-order valence-corrected chi connectivity index (χ2v) is 7.67. The first-order chi connectivity index (χ1) is 16.0. The molecule has 0 fully saturated rings. The molecule has 3 heterocycles. The van der Waals surface area contributed by atoms with Crippen molar-refractivity contribution in [3.05, 3.63) is 60.2 Å². The Morgan fingerprint density at radius 1 is 1.18 bits per heavy atom. The highest BCUT2D eigenvalue weighted by Crippen LogP contribution is 2.31. The van der Waals surface area contributed by atoms with Gasteiger partial charge in [-0.05, 0) is 19.1 Å². The Hall–Kier alpha value is -4.00. The summed E-state index contributed by atoms with van der Waals surface area (Å²) in [5.41, 5.74) is 4.27. The maximum atomic E-state index is 14.2. The third kappa shape index (κ3) is 4.69. The summed E-state index contributed by atoms with van der Waals surface area (Å²) in [6.07, 6.45) is -2.29. The van der Waals surface area contributed by atoms with Crippen molar-refractivity contribution >= 4 is 11.5 Å². The maximum Gasteiger partial charge on any atom is 0.418 e. The summed E-state index contributed by atoms with van der Waals surface area (Å²) in [4.78, 5) is 8.28. The number of hydrogen-bond donors (Lipinski definition) is 3. The van der Waals surface area contributed by atoms with Crippen LogP contribution in [0.2, 0.25) is 0 Å². The Labute approximate surface area is 190 Å². The number of nitrogen functional groups attached to an aromatic ring is 1. The van der Waals surface area contributed by atoms with Crippen molar-refractivity contribution in [2.24, 2.45) is 0 Å². The molecule has 0 spiro atoms. The van der Waals surface area contributed by atoms with Crippen molar-refractivity contribution in [3.63, 3.8) is 0 Å². The van der Waals surface area contributed by atoms with Crippen LogP contribution in [0.3, 0.4) is 0 Å². The minimum atomic E-state index is -4.86. The van der Waals surface area contributed by atoms with Gasteiger partial charge in [0.1, 0.15) is 23.5 Å². The number of nitrogens with one attached hydrogen (secondary N) is 1. The van der Waals surface area contributed by atoms with Crippen LogP contribution in [0.5, 0.6) is 0 Å². The van der Waals surface area contributed by atoms with Gasteiger partial charge in [-0.25, -0.2) is 14.4 Å². The van der Waals surface area contributed by atoms with E-state index in [1.807, 2.05) is 0 Å². The molecule has 4 N–H and O–H groups in total. The molecule has 178 valence electrons. The van der Waals surface area contributed by atoms with E-state index in [-0.39, 0.29) is 29.6 Å². The van der Waals surface area contributed by atoms with Gasteiger partial charge in [0.2, 0.25) is 0 Å². The number of rotatable bonds is 7. The molecule has 13 heteroatoms. The summed E-state index contributed by atoms with van der Waals surface area (Å²) in [6.45, 7) is -0.195. The summed E-state index contributed by atoms with van der Waals surface area (Å²) in [5, 5.41) is 20.4. The van der Waals surface area contributed by atoms with Crippen LogP contribution in [-0.2, 0) is 6.54 Å². The lowest BCUT2D eigenvalue weighted by atomic mass is 10.1. The molecular weight excluding hydrogens is 458 g/mol. The lowest BCUT2D eigenvalue weighted by Crippen LogP contribution is -2.47. The standard InChI is InChI=1S/C21H19F4N7O2/c1-20(33,21(23,24)25)11-28-18-14(26)9-27-19(29-18)16-8-17(15-6-7-34-31-15)32(30-16)10-12-4-2-3-5-13(12)22/h2-9,33H,10-11,26H2,1H3,(H,27,28,29). The zero-order chi connectivity index (χ0) is 24.5. The van der Waals surface area contributed by atoms with Gasteiger partial charge in [-0.2, -0.15) is 18.3 Å². The highest BCUT2D eigenvalue weighted by molar-refractivity contribution is 5.67.